The van der Waals surface area contributed by atoms with Crippen LogP contribution in [0.1, 0.15) is 52.4 Å². The Morgan fingerprint density at radius 1 is 1.53 bits per heavy atom. The van der Waals surface area contributed by atoms with Crippen LogP contribution in [0.2, 0.25) is 0 Å². The first-order valence-electron chi connectivity index (χ1n) is 6.50. The maximum absolute atomic E-state index is 11.2. The molecule has 0 aromatic rings. The first-order chi connectivity index (χ1) is 8.12. The molecule has 0 bridgehead atoms. The molecule has 1 nitrogen and oxygen atoms in total. The van der Waals surface area contributed by atoms with Crippen LogP contribution in [0.4, 0.5) is 0 Å². The largest absolute Gasteiger partial charge is 0.303 e. The highest BCUT2D eigenvalue weighted by Crippen LogP contribution is 2.38. The molecule has 0 aromatic heterocycles. The van der Waals surface area contributed by atoms with Gasteiger partial charge in [-0.2, -0.15) is 0 Å². The van der Waals surface area contributed by atoms with Gasteiger partial charge in [0.25, 0.3) is 0 Å². The third kappa shape index (κ3) is 4.33. The summed E-state index contributed by atoms with van der Waals surface area (Å²) in [5.41, 5.74) is 2.75. The molecule has 94 valence electrons. The van der Waals surface area contributed by atoms with E-state index in [0.717, 1.165) is 44.8 Å². The van der Waals surface area contributed by atoms with Crippen molar-refractivity contribution in [3.63, 3.8) is 0 Å². The topological polar surface area (TPSA) is 17.1 Å². The molecule has 0 fully saturated rings. The van der Waals surface area contributed by atoms with E-state index in [0.29, 0.717) is 0 Å². The molecule has 0 heterocycles. The molecule has 0 saturated heterocycles. The van der Waals surface area contributed by atoms with Crippen molar-refractivity contribution in [3.05, 3.63) is 36.0 Å². The Kier molecular flexibility index (Phi) is 5.40. The molecule has 1 unspecified atom stereocenters. The minimum atomic E-state index is -0.151. The molecule has 0 radical (unpaired) electrons. The summed E-state index contributed by atoms with van der Waals surface area (Å²) in [5, 5.41) is 0. The van der Waals surface area contributed by atoms with Crippen molar-refractivity contribution in [2.45, 2.75) is 52.4 Å². The summed E-state index contributed by atoms with van der Waals surface area (Å²) in [6.45, 7) is 8.02. The van der Waals surface area contributed by atoms with Crippen molar-refractivity contribution < 1.29 is 4.79 Å². The van der Waals surface area contributed by atoms with Crippen LogP contribution >= 0.6 is 0 Å². The van der Waals surface area contributed by atoms with Gasteiger partial charge in [0, 0.05) is 5.41 Å². The fraction of sp³-hybridized carbons (Fsp3) is 0.562. The summed E-state index contributed by atoms with van der Waals surface area (Å²) in [6, 6.07) is 0. The summed E-state index contributed by atoms with van der Waals surface area (Å²) in [6.07, 6.45) is 13.6. The molecular weight excluding hydrogens is 208 g/mol. The Labute approximate surface area is 105 Å². The van der Waals surface area contributed by atoms with Gasteiger partial charge in [0.2, 0.25) is 0 Å². The Morgan fingerprint density at radius 3 is 2.76 bits per heavy atom. The van der Waals surface area contributed by atoms with Crippen LogP contribution in [0.3, 0.4) is 0 Å². The summed E-state index contributed by atoms with van der Waals surface area (Å²) in [4.78, 5) is 11.2. The van der Waals surface area contributed by atoms with Gasteiger partial charge in [-0.15, -0.1) is 6.58 Å². The monoisotopic (exact) mass is 232 g/mol. The van der Waals surface area contributed by atoms with Crippen LogP contribution < -0.4 is 0 Å². The summed E-state index contributed by atoms with van der Waals surface area (Å²) in [5.74, 6) is 0. The van der Waals surface area contributed by atoms with Crippen molar-refractivity contribution >= 4 is 6.29 Å². The SMILES string of the molecule is C=CCC1(C=O)CC=C(CCC=C(C)C)CC1. The minimum absolute atomic E-state index is 0.151. The number of aldehydes is 1. The number of rotatable bonds is 6. The maximum atomic E-state index is 11.2. The zero-order chi connectivity index (χ0) is 12.7. The van der Waals surface area contributed by atoms with Gasteiger partial charge in [0.1, 0.15) is 6.29 Å². The zero-order valence-corrected chi connectivity index (χ0v) is 11.2. The third-order valence-electron chi connectivity index (χ3n) is 3.56. The third-order valence-corrected chi connectivity index (χ3v) is 3.56. The average molecular weight is 232 g/mol. The molecule has 0 saturated carbocycles. The number of allylic oxidation sites excluding steroid dienone is 5. The molecule has 1 heteroatoms. The van der Waals surface area contributed by atoms with Crippen molar-refractivity contribution in [2.24, 2.45) is 5.41 Å². The van der Waals surface area contributed by atoms with Crippen LogP contribution in [0, 0.1) is 5.41 Å². The summed E-state index contributed by atoms with van der Waals surface area (Å²) < 4.78 is 0. The van der Waals surface area contributed by atoms with E-state index in [2.05, 4.69) is 32.6 Å². The first kappa shape index (κ1) is 14.0. The van der Waals surface area contributed by atoms with E-state index >= 15 is 0 Å². The van der Waals surface area contributed by atoms with Gasteiger partial charge in [0.15, 0.2) is 0 Å². The molecule has 0 N–H and O–H groups in total. The molecule has 1 aliphatic rings. The van der Waals surface area contributed by atoms with Gasteiger partial charge in [-0.05, 0) is 52.4 Å². The van der Waals surface area contributed by atoms with Crippen molar-refractivity contribution in [1.29, 1.82) is 0 Å². The number of hydrogen-bond acceptors (Lipinski definition) is 1. The van der Waals surface area contributed by atoms with Gasteiger partial charge in [-0.25, -0.2) is 0 Å². The van der Waals surface area contributed by atoms with Crippen molar-refractivity contribution in [2.75, 3.05) is 0 Å². The summed E-state index contributed by atoms with van der Waals surface area (Å²) >= 11 is 0. The molecule has 1 aliphatic carbocycles. The second kappa shape index (κ2) is 6.58. The molecule has 1 atom stereocenters. The predicted octanol–water partition coefficient (Wildman–Crippen LogP) is 4.60. The molecule has 0 aliphatic heterocycles. The lowest BCUT2D eigenvalue weighted by Gasteiger charge is -2.30. The highest BCUT2D eigenvalue weighted by atomic mass is 16.1. The lowest BCUT2D eigenvalue weighted by atomic mass is 9.73. The highest BCUT2D eigenvalue weighted by molar-refractivity contribution is 5.60. The number of carbonyl (C=O) groups is 1. The smallest absolute Gasteiger partial charge is 0.126 e. The van der Waals surface area contributed by atoms with Crippen LogP contribution in [-0.2, 0) is 4.79 Å². The normalized spacial score (nSPS) is 23.8. The lowest BCUT2D eigenvalue weighted by molar-refractivity contribution is -0.116. The van der Waals surface area contributed by atoms with E-state index in [1.165, 1.54) is 11.1 Å². The van der Waals surface area contributed by atoms with E-state index in [9.17, 15) is 4.79 Å². The van der Waals surface area contributed by atoms with Crippen LogP contribution in [0.15, 0.2) is 36.0 Å². The second-order valence-corrected chi connectivity index (χ2v) is 5.36. The maximum Gasteiger partial charge on any atom is 0.126 e. The minimum Gasteiger partial charge on any atom is -0.303 e. The zero-order valence-electron chi connectivity index (χ0n) is 11.2. The van der Waals surface area contributed by atoms with E-state index in [1.807, 2.05) is 6.08 Å². The number of carbonyl (C=O) groups excluding carboxylic acids is 1. The van der Waals surface area contributed by atoms with E-state index in [4.69, 9.17) is 0 Å². The molecule has 0 aromatic carbocycles. The van der Waals surface area contributed by atoms with Crippen LogP contribution in [-0.4, -0.2) is 6.29 Å². The first-order valence-corrected chi connectivity index (χ1v) is 6.50. The van der Waals surface area contributed by atoms with Gasteiger partial charge in [0.05, 0.1) is 0 Å². The number of hydrogen-bond donors (Lipinski definition) is 0. The average Bonchev–Trinajstić information content (AvgIpc) is 2.31. The Bertz CT molecular complexity index is 331. The standard InChI is InChI=1S/C16H24O/c1-4-10-16(13-17)11-8-15(9-12-16)7-5-6-14(2)3/h4,6,8,13H,1,5,7,9-12H2,2-3H3. The van der Waals surface area contributed by atoms with E-state index in [-0.39, 0.29) is 5.41 Å². The van der Waals surface area contributed by atoms with Gasteiger partial charge in [-0.3, -0.25) is 0 Å². The molecule has 0 spiro atoms. The van der Waals surface area contributed by atoms with Gasteiger partial charge >= 0.3 is 0 Å². The highest BCUT2D eigenvalue weighted by Gasteiger charge is 2.29. The second-order valence-electron chi connectivity index (χ2n) is 5.36. The molecule has 0 amide bonds. The fourth-order valence-electron chi connectivity index (χ4n) is 2.36. The van der Waals surface area contributed by atoms with E-state index in [1.54, 1.807) is 0 Å². The van der Waals surface area contributed by atoms with Gasteiger partial charge < -0.3 is 4.79 Å². The van der Waals surface area contributed by atoms with Crippen molar-refractivity contribution in [1.82, 2.24) is 0 Å². The molecule has 1 rings (SSSR count). The molecular formula is C16H24O. The summed E-state index contributed by atoms with van der Waals surface area (Å²) in [7, 11) is 0. The van der Waals surface area contributed by atoms with Crippen LogP contribution in [0.25, 0.3) is 0 Å². The quantitative estimate of drug-likeness (QED) is 0.483. The fourth-order valence-corrected chi connectivity index (χ4v) is 2.36. The molecule has 17 heavy (non-hydrogen) atoms. The lowest BCUT2D eigenvalue weighted by Crippen LogP contribution is -2.24. The predicted molar refractivity (Wildman–Crippen MR) is 73.9 cm³/mol. The Hall–Kier alpha value is -1.11. The van der Waals surface area contributed by atoms with Crippen LogP contribution in [0.5, 0.6) is 0 Å². The van der Waals surface area contributed by atoms with E-state index < -0.39 is 0 Å². The van der Waals surface area contributed by atoms with Crippen molar-refractivity contribution in [3.8, 4) is 0 Å². The Morgan fingerprint density at radius 2 is 2.29 bits per heavy atom. The Balaban J connectivity index is 2.51. The van der Waals surface area contributed by atoms with Gasteiger partial charge in [-0.1, -0.05) is 29.4 Å².